The zero-order chi connectivity index (χ0) is 13.1. The molecule has 0 saturated carbocycles. The average Bonchev–Trinajstić information content (AvgIpc) is 2.60. The van der Waals surface area contributed by atoms with E-state index in [0.717, 1.165) is 18.1 Å². The van der Waals surface area contributed by atoms with E-state index < -0.39 is 0 Å². The molecule has 1 heterocycles. The molecule has 1 N–H and O–H groups in total. The molecule has 0 fully saturated rings. The van der Waals surface area contributed by atoms with Crippen molar-refractivity contribution in [3.63, 3.8) is 0 Å². The number of hydrogen-bond donors (Lipinski definition) is 1. The van der Waals surface area contributed by atoms with E-state index >= 15 is 0 Å². The quantitative estimate of drug-likeness (QED) is 0.892. The van der Waals surface area contributed by atoms with Gasteiger partial charge in [0.1, 0.15) is 0 Å². The number of aryl methyl sites for hydroxylation is 1. The second-order valence-corrected chi connectivity index (χ2v) is 5.08. The molecule has 1 aromatic carbocycles. The largest absolute Gasteiger partial charge is 0.344 e. The molecule has 0 aliphatic heterocycles. The molecule has 0 bridgehead atoms. The molecule has 2 aromatic rings. The molecule has 18 heavy (non-hydrogen) atoms. The van der Waals surface area contributed by atoms with Crippen LogP contribution in [0.25, 0.3) is 0 Å². The summed E-state index contributed by atoms with van der Waals surface area (Å²) in [5.74, 6) is 0. The zero-order valence-corrected chi connectivity index (χ0v) is 11.9. The van der Waals surface area contributed by atoms with E-state index in [1.807, 2.05) is 19.2 Å². The summed E-state index contributed by atoms with van der Waals surface area (Å²) in [5.41, 5.74) is 5.27. The van der Waals surface area contributed by atoms with Crippen molar-refractivity contribution < 1.29 is 0 Å². The monoisotopic (exact) mass is 262 g/mol. The number of nitrogens with one attached hydrogen (secondary N) is 1. The van der Waals surface area contributed by atoms with Crippen LogP contribution in [0.1, 0.15) is 22.5 Å². The third-order valence-electron chi connectivity index (χ3n) is 3.30. The molecule has 0 amide bonds. The number of halogens is 1. The van der Waals surface area contributed by atoms with Gasteiger partial charge in [0.25, 0.3) is 0 Å². The van der Waals surface area contributed by atoms with Gasteiger partial charge < -0.3 is 9.88 Å². The summed E-state index contributed by atoms with van der Waals surface area (Å²) in [6, 6.07) is 10.3. The molecule has 0 unspecified atom stereocenters. The molecular weight excluding hydrogens is 244 g/mol. The Morgan fingerprint density at radius 2 is 1.83 bits per heavy atom. The van der Waals surface area contributed by atoms with Crippen LogP contribution in [0.3, 0.4) is 0 Å². The van der Waals surface area contributed by atoms with Crippen LogP contribution in [-0.2, 0) is 13.1 Å². The maximum absolute atomic E-state index is 5.91. The van der Waals surface area contributed by atoms with Gasteiger partial charge >= 0.3 is 0 Å². The van der Waals surface area contributed by atoms with Gasteiger partial charge in [-0.1, -0.05) is 23.7 Å². The third-order valence-corrected chi connectivity index (χ3v) is 3.55. The highest BCUT2D eigenvalue weighted by atomic mass is 35.5. The average molecular weight is 263 g/mol. The first-order chi connectivity index (χ1) is 8.61. The van der Waals surface area contributed by atoms with Gasteiger partial charge in [0.05, 0.1) is 0 Å². The molecule has 2 nitrogen and oxygen atoms in total. The van der Waals surface area contributed by atoms with E-state index in [1.54, 1.807) is 0 Å². The van der Waals surface area contributed by atoms with E-state index in [-0.39, 0.29) is 0 Å². The minimum absolute atomic E-state index is 0.788. The van der Waals surface area contributed by atoms with Gasteiger partial charge in [-0.3, -0.25) is 0 Å². The number of benzene rings is 1. The van der Waals surface area contributed by atoms with Crippen molar-refractivity contribution in [2.24, 2.45) is 0 Å². The molecule has 0 aliphatic carbocycles. The smallest absolute Gasteiger partial charge is 0.0475 e. The van der Waals surface area contributed by atoms with E-state index in [9.17, 15) is 0 Å². The van der Waals surface area contributed by atoms with Crippen LogP contribution in [-0.4, -0.2) is 11.6 Å². The SMILES string of the molecule is CNCc1cc(C)n(Cc2ccc(Cl)cc2)c1C. The Hall–Kier alpha value is -1.25. The molecule has 0 saturated heterocycles. The fourth-order valence-electron chi connectivity index (χ4n) is 2.26. The maximum atomic E-state index is 5.91. The lowest BCUT2D eigenvalue weighted by Crippen LogP contribution is -2.08. The molecule has 0 spiro atoms. The molecule has 2 rings (SSSR count). The van der Waals surface area contributed by atoms with Gasteiger partial charge in [-0.15, -0.1) is 0 Å². The third kappa shape index (κ3) is 2.77. The number of nitrogens with zero attached hydrogens (tertiary/aromatic N) is 1. The predicted molar refractivity (Wildman–Crippen MR) is 77.2 cm³/mol. The summed E-state index contributed by atoms with van der Waals surface area (Å²) in [6.45, 7) is 6.15. The summed E-state index contributed by atoms with van der Waals surface area (Å²) in [4.78, 5) is 0. The fraction of sp³-hybridized carbons (Fsp3) is 0.333. The molecular formula is C15H19ClN2. The Labute approximate surface area is 114 Å². The molecule has 0 aliphatic rings. The fourth-order valence-corrected chi connectivity index (χ4v) is 2.38. The molecule has 3 heteroatoms. The summed E-state index contributed by atoms with van der Waals surface area (Å²) in [6.07, 6.45) is 0. The Morgan fingerprint density at radius 3 is 2.44 bits per heavy atom. The van der Waals surface area contributed by atoms with E-state index in [1.165, 1.54) is 22.5 Å². The lowest BCUT2D eigenvalue weighted by atomic mass is 10.2. The van der Waals surface area contributed by atoms with Gasteiger partial charge in [0.2, 0.25) is 0 Å². The van der Waals surface area contributed by atoms with Crippen molar-refractivity contribution in [1.82, 2.24) is 9.88 Å². The highest BCUT2D eigenvalue weighted by molar-refractivity contribution is 6.30. The second-order valence-electron chi connectivity index (χ2n) is 4.64. The van der Waals surface area contributed by atoms with Gasteiger partial charge in [-0.25, -0.2) is 0 Å². The maximum Gasteiger partial charge on any atom is 0.0475 e. The van der Waals surface area contributed by atoms with Crippen LogP contribution in [0, 0.1) is 13.8 Å². The normalized spacial score (nSPS) is 10.9. The second kappa shape index (κ2) is 5.59. The Morgan fingerprint density at radius 1 is 1.17 bits per heavy atom. The minimum Gasteiger partial charge on any atom is -0.344 e. The first-order valence-corrected chi connectivity index (χ1v) is 6.54. The van der Waals surface area contributed by atoms with Crippen molar-refractivity contribution in [1.29, 1.82) is 0 Å². The highest BCUT2D eigenvalue weighted by Crippen LogP contribution is 2.18. The Bertz CT molecular complexity index is 526. The van der Waals surface area contributed by atoms with Crippen LogP contribution in [0.5, 0.6) is 0 Å². The van der Waals surface area contributed by atoms with Crippen molar-refractivity contribution in [3.05, 3.63) is 57.9 Å². The summed E-state index contributed by atoms with van der Waals surface area (Å²) < 4.78 is 2.34. The number of aromatic nitrogens is 1. The first kappa shape index (κ1) is 13.2. The lowest BCUT2D eigenvalue weighted by Gasteiger charge is -2.10. The first-order valence-electron chi connectivity index (χ1n) is 6.16. The molecule has 96 valence electrons. The van der Waals surface area contributed by atoms with Gasteiger partial charge in [0.15, 0.2) is 0 Å². The van der Waals surface area contributed by atoms with Gasteiger partial charge in [-0.05, 0) is 50.2 Å². The van der Waals surface area contributed by atoms with Crippen molar-refractivity contribution in [3.8, 4) is 0 Å². The van der Waals surface area contributed by atoms with E-state index in [2.05, 4.69) is 41.9 Å². The van der Waals surface area contributed by atoms with Crippen molar-refractivity contribution >= 4 is 11.6 Å². The van der Waals surface area contributed by atoms with Crippen LogP contribution in [0.2, 0.25) is 5.02 Å². The summed E-state index contributed by atoms with van der Waals surface area (Å²) in [7, 11) is 1.98. The minimum atomic E-state index is 0.788. The highest BCUT2D eigenvalue weighted by Gasteiger charge is 2.08. The number of hydrogen-bond acceptors (Lipinski definition) is 1. The lowest BCUT2D eigenvalue weighted by molar-refractivity contribution is 0.735. The van der Waals surface area contributed by atoms with Gasteiger partial charge in [-0.2, -0.15) is 0 Å². The Balaban J connectivity index is 2.26. The van der Waals surface area contributed by atoms with Crippen LogP contribution < -0.4 is 5.32 Å². The Kier molecular flexibility index (Phi) is 4.10. The van der Waals surface area contributed by atoms with Crippen LogP contribution in [0.4, 0.5) is 0 Å². The van der Waals surface area contributed by atoms with Crippen molar-refractivity contribution in [2.75, 3.05) is 7.05 Å². The van der Waals surface area contributed by atoms with E-state index in [0.29, 0.717) is 0 Å². The topological polar surface area (TPSA) is 17.0 Å². The summed E-state index contributed by atoms with van der Waals surface area (Å²) >= 11 is 5.91. The molecule has 1 aromatic heterocycles. The number of rotatable bonds is 4. The molecule has 0 radical (unpaired) electrons. The van der Waals surface area contributed by atoms with Crippen LogP contribution in [0.15, 0.2) is 30.3 Å². The summed E-state index contributed by atoms with van der Waals surface area (Å²) in [5, 5.41) is 3.99. The molecule has 0 atom stereocenters. The van der Waals surface area contributed by atoms with Crippen molar-refractivity contribution in [2.45, 2.75) is 26.9 Å². The zero-order valence-electron chi connectivity index (χ0n) is 11.1. The predicted octanol–water partition coefficient (Wildman–Crippen LogP) is 3.53. The standard InChI is InChI=1S/C15H19ClN2/c1-11-8-14(9-17-3)12(2)18(11)10-13-4-6-15(16)7-5-13/h4-8,17H,9-10H2,1-3H3. The van der Waals surface area contributed by atoms with E-state index in [4.69, 9.17) is 11.6 Å². The van der Waals surface area contributed by atoms with Crippen LogP contribution >= 0.6 is 11.6 Å². The van der Waals surface area contributed by atoms with Gasteiger partial charge in [0, 0.05) is 29.5 Å².